The highest BCUT2D eigenvalue weighted by Gasteiger charge is 2.35. The number of benzene rings is 2. The van der Waals surface area contributed by atoms with Gasteiger partial charge in [-0.25, -0.2) is 9.37 Å². The lowest BCUT2D eigenvalue weighted by Gasteiger charge is -2.42. The Kier molecular flexibility index (Phi) is 7.70. The maximum Gasteiger partial charge on any atom is 0.276 e. The minimum atomic E-state index is -0.459. The predicted molar refractivity (Wildman–Crippen MR) is 175 cm³/mol. The van der Waals surface area contributed by atoms with Crippen LogP contribution in [0.3, 0.4) is 0 Å². The molecule has 6 nitrogen and oxygen atoms in total. The number of rotatable bonds is 5. The topological polar surface area (TPSA) is 74.3 Å². The monoisotopic (exact) mass is 608 g/mol. The summed E-state index contributed by atoms with van der Waals surface area (Å²) in [7, 11) is 0. The van der Waals surface area contributed by atoms with Crippen molar-refractivity contribution >= 4 is 40.3 Å². The highest BCUT2D eigenvalue weighted by molar-refractivity contribution is 7.17. The second-order valence-corrected chi connectivity index (χ2v) is 13.9. The molecule has 44 heavy (non-hydrogen) atoms. The number of hydrogen-bond donors (Lipinski definition) is 2. The molecular weight excluding hydrogens is 571 g/mol. The second kappa shape index (κ2) is 11.8. The Labute approximate surface area is 261 Å². The van der Waals surface area contributed by atoms with Crippen LogP contribution in [0.1, 0.15) is 70.3 Å². The van der Waals surface area contributed by atoms with Crippen molar-refractivity contribution in [2.24, 2.45) is 17.8 Å². The molecule has 0 saturated heterocycles. The van der Waals surface area contributed by atoms with E-state index in [0.717, 1.165) is 45.3 Å². The summed E-state index contributed by atoms with van der Waals surface area (Å²) in [6.45, 7) is 4.61. The number of fused-ring (bicyclic) bond motifs is 5. The molecule has 2 aromatic carbocycles. The van der Waals surface area contributed by atoms with Crippen molar-refractivity contribution in [2.45, 2.75) is 58.4 Å². The first-order valence-electron chi connectivity index (χ1n) is 15.7. The van der Waals surface area contributed by atoms with Gasteiger partial charge in [-0.15, -0.1) is 11.3 Å². The molecule has 8 heteroatoms. The molecule has 2 N–H and O–H groups in total. The minimum Gasteiger partial charge on any atom is -0.367 e. The maximum atomic E-state index is 14.4. The number of para-hydroxylation sites is 2. The molecule has 3 aliphatic rings. The fourth-order valence-corrected chi connectivity index (χ4v) is 8.81. The smallest absolute Gasteiger partial charge is 0.276 e. The molecule has 226 valence electrons. The van der Waals surface area contributed by atoms with Crippen molar-refractivity contribution in [1.29, 1.82) is 0 Å². The van der Waals surface area contributed by atoms with Crippen LogP contribution in [0.15, 0.2) is 66.7 Å². The minimum absolute atomic E-state index is 0.140. The van der Waals surface area contributed by atoms with Gasteiger partial charge in [-0.1, -0.05) is 43.3 Å². The van der Waals surface area contributed by atoms with Gasteiger partial charge in [0.05, 0.1) is 16.3 Å². The molecule has 2 amide bonds. The van der Waals surface area contributed by atoms with Gasteiger partial charge < -0.3 is 15.5 Å². The Bertz CT molecular complexity index is 1700. The third-order valence-electron chi connectivity index (χ3n) is 9.48. The first kappa shape index (κ1) is 28.7. The zero-order chi connectivity index (χ0) is 30.4. The van der Waals surface area contributed by atoms with Gasteiger partial charge in [-0.05, 0) is 105 Å². The molecular formula is C36H37FN4O2S. The molecule has 2 atom stereocenters. The van der Waals surface area contributed by atoms with E-state index in [0.29, 0.717) is 35.1 Å². The van der Waals surface area contributed by atoms with Crippen LogP contribution in [0.2, 0.25) is 0 Å². The fourth-order valence-electron chi connectivity index (χ4n) is 7.67. The van der Waals surface area contributed by atoms with Crippen molar-refractivity contribution in [3.8, 4) is 10.4 Å². The fraction of sp³-hybridized carbons (Fsp3) is 0.361. The number of nitrogens with zero attached hydrogens (tertiary/aromatic N) is 2. The Morgan fingerprint density at radius 2 is 1.73 bits per heavy atom. The predicted octanol–water partition coefficient (Wildman–Crippen LogP) is 8.34. The summed E-state index contributed by atoms with van der Waals surface area (Å²) in [5, 5.41) is 6.42. The van der Waals surface area contributed by atoms with E-state index in [-0.39, 0.29) is 17.5 Å². The number of nitrogens with one attached hydrogen (secondary N) is 2. The van der Waals surface area contributed by atoms with Crippen LogP contribution in [0.25, 0.3) is 10.4 Å². The Morgan fingerprint density at radius 3 is 2.52 bits per heavy atom. The Hall–Kier alpha value is -4.04. The summed E-state index contributed by atoms with van der Waals surface area (Å²) in [6.07, 6.45) is 6.91. The zero-order valence-corrected chi connectivity index (χ0v) is 25.9. The van der Waals surface area contributed by atoms with Crippen LogP contribution in [0.5, 0.6) is 0 Å². The van der Waals surface area contributed by atoms with Crippen molar-refractivity contribution in [3.05, 3.63) is 94.2 Å². The maximum absolute atomic E-state index is 14.4. The summed E-state index contributed by atoms with van der Waals surface area (Å²) >= 11 is 1.37. The molecule has 3 heterocycles. The number of hydrogen-bond acceptors (Lipinski definition) is 5. The van der Waals surface area contributed by atoms with Gasteiger partial charge in [0, 0.05) is 23.0 Å². The van der Waals surface area contributed by atoms with E-state index in [2.05, 4.69) is 17.6 Å². The van der Waals surface area contributed by atoms with E-state index in [1.165, 1.54) is 49.5 Å². The largest absolute Gasteiger partial charge is 0.367 e. The third kappa shape index (κ3) is 5.63. The zero-order valence-electron chi connectivity index (χ0n) is 25.1. The molecule has 2 aromatic heterocycles. The number of halogens is 1. The Balaban J connectivity index is 1.11. The lowest BCUT2D eigenvalue weighted by atomic mass is 9.67. The first-order valence-corrected chi connectivity index (χ1v) is 16.5. The van der Waals surface area contributed by atoms with Crippen molar-refractivity contribution in [1.82, 2.24) is 4.98 Å². The lowest BCUT2D eigenvalue weighted by molar-refractivity contribution is 0.0981. The van der Waals surface area contributed by atoms with Crippen LogP contribution in [-0.4, -0.2) is 29.4 Å². The van der Waals surface area contributed by atoms with E-state index in [4.69, 9.17) is 4.98 Å². The number of anilines is 3. The molecule has 2 saturated carbocycles. The number of aromatic nitrogens is 1. The van der Waals surface area contributed by atoms with E-state index < -0.39 is 5.82 Å². The highest BCUT2D eigenvalue weighted by Crippen LogP contribution is 2.44. The highest BCUT2D eigenvalue weighted by atomic mass is 32.1. The number of amides is 2. The molecule has 2 bridgehead atoms. The van der Waals surface area contributed by atoms with Crippen LogP contribution in [0, 0.1) is 30.5 Å². The normalized spacial score (nSPS) is 22.4. The van der Waals surface area contributed by atoms with Gasteiger partial charge in [0.1, 0.15) is 17.3 Å². The number of carbonyl (C=O) groups excluding carboxylic acids is 2. The molecule has 7 rings (SSSR count). The average Bonchev–Trinajstić information content (AvgIpc) is 3.36. The van der Waals surface area contributed by atoms with Gasteiger partial charge in [-0.3, -0.25) is 9.59 Å². The van der Waals surface area contributed by atoms with E-state index in [1.807, 2.05) is 47.4 Å². The summed E-state index contributed by atoms with van der Waals surface area (Å²) in [4.78, 5) is 35.3. The molecule has 0 radical (unpaired) electrons. The van der Waals surface area contributed by atoms with Gasteiger partial charge >= 0.3 is 0 Å². The van der Waals surface area contributed by atoms with Crippen LogP contribution >= 0.6 is 11.3 Å². The second-order valence-electron chi connectivity index (χ2n) is 12.8. The summed E-state index contributed by atoms with van der Waals surface area (Å²) in [5.41, 5.74) is 3.97. The van der Waals surface area contributed by atoms with Crippen molar-refractivity contribution in [2.75, 3.05) is 22.1 Å². The lowest BCUT2D eigenvalue weighted by Crippen LogP contribution is -2.37. The van der Waals surface area contributed by atoms with E-state index in [1.54, 1.807) is 25.1 Å². The van der Waals surface area contributed by atoms with Gasteiger partial charge in [0.15, 0.2) is 0 Å². The van der Waals surface area contributed by atoms with Crippen LogP contribution in [-0.2, 0) is 6.42 Å². The summed E-state index contributed by atoms with van der Waals surface area (Å²) < 4.78 is 14.4. The number of pyridine rings is 1. The molecule has 0 spiro atoms. The molecule has 2 unspecified atom stereocenters. The molecule has 4 aromatic rings. The van der Waals surface area contributed by atoms with Gasteiger partial charge in [-0.2, -0.15) is 0 Å². The van der Waals surface area contributed by atoms with Crippen LogP contribution < -0.4 is 15.5 Å². The van der Waals surface area contributed by atoms with Crippen molar-refractivity contribution in [3.63, 3.8) is 0 Å². The van der Waals surface area contributed by atoms with Gasteiger partial charge in [0.25, 0.3) is 11.8 Å². The summed E-state index contributed by atoms with van der Waals surface area (Å²) in [6, 6.07) is 20.5. The molecule has 2 aliphatic carbocycles. The Morgan fingerprint density at radius 1 is 0.955 bits per heavy atom. The number of carbonyl (C=O) groups is 2. The third-order valence-corrected chi connectivity index (χ3v) is 10.7. The number of thiophene rings is 1. The number of aryl methyl sites for hydroxylation is 1. The quantitative estimate of drug-likeness (QED) is 0.239. The van der Waals surface area contributed by atoms with Crippen LogP contribution in [0.4, 0.5) is 21.6 Å². The van der Waals surface area contributed by atoms with Crippen molar-refractivity contribution < 1.29 is 14.0 Å². The standard InChI is InChI=1S/C36H37FN4O2S/c1-21-15-23-17-24(16-21)19-26(18-23)38-32-12-6-10-29(39-32)36(43)41-14-13-25-20-31(44-34(25)27-8-3-4-11-30(27)41)35(42)40-33-22(2)7-5-9-28(33)37/h3-12,20-21,23-24,26H,13-19H2,1-2H3,(H,38,39)(H,40,42). The van der Waals surface area contributed by atoms with Gasteiger partial charge in [0.2, 0.25) is 0 Å². The average molecular weight is 609 g/mol. The first-order chi connectivity index (χ1) is 21.3. The van der Waals surface area contributed by atoms with E-state index >= 15 is 0 Å². The van der Waals surface area contributed by atoms with E-state index in [9.17, 15) is 14.0 Å². The molecule has 2 fully saturated rings. The summed E-state index contributed by atoms with van der Waals surface area (Å²) in [5.74, 6) is 2.21. The molecule has 1 aliphatic heterocycles. The SMILES string of the molecule is Cc1cccc(F)c1NC(=O)c1cc2c(s1)-c1ccccc1N(C(=O)c1cccc(NC3CC4CC(C)CC(C4)C3)n1)CC2.